The summed E-state index contributed by atoms with van der Waals surface area (Å²) >= 11 is 2.25. The maximum Gasteiger partial charge on any atom is 0.260 e. The molecule has 0 aromatic heterocycles. The smallest absolute Gasteiger partial charge is 0.260 e. The molecule has 0 spiro atoms. The zero-order valence-electron chi connectivity index (χ0n) is 11.3. The van der Waals surface area contributed by atoms with Gasteiger partial charge >= 0.3 is 0 Å². The fourth-order valence-electron chi connectivity index (χ4n) is 2.94. The third kappa shape index (κ3) is 3.44. The number of nitrogens with zero attached hydrogens (tertiary/aromatic N) is 1. The number of carbonyl (C=O) groups is 1. The molecule has 1 aromatic carbocycles. The number of ether oxygens (including phenoxy) is 1. The number of benzene rings is 1. The Bertz CT molecular complexity index is 477. The van der Waals surface area contributed by atoms with Crippen molar-refractivity contribution in [2.75, 3.05) is 19.7 Å². The number of nitrogens with one attached hydrogen (secondary N) is 1. The Kier molecular flexibility index (Phi) is 4.45. The highest BCUT2D eigenvalue weighted by Crippen LogP contribution is 2.20. The normalized spacial score (nSPS) is 25.4. The van der Waals surface area contributed by atoms with Gasteiger partial charge in [-0.05, 0) is 66.1 Å². The number of carbonyl (C=O) groups excluding carboxylic acids is 1. The van der Waals surface area contributed by atoms with Crippen LogP contribution in [0.25, 0.3) is 0 Å². The lowest BCUT2D eigenvalue weighted by Crippen LogP contribution is -2.41. The first-order valence-electron chi connectivity index (χ1n) is 7.13. The molecule has 1 amide bonds. The van der Waals surface area contributed by atoms with Crippen molar-refractivity contribution in [3.8, 4) is 5.75 Å². The highest BCUT2D eigenvalue weighted by Gasteiger charge is 2.31. The summed E-state index contributed by atoms with van der Waals surface area (Å²) in [6, 6.07) is 8.85. The molecule has 3 rings (SSSR count). The lowest BCUT2D eigenvalue weighted by atomic mass is 10.1. The van der Waals surface area contributed by atoms with Gasteiger partial charge in [0.15, 0.2) is 6.61 Å². The van der Waals surface area contributed by atoms with Crippen molar-refractivity contribution in [2.24, 2.45) is 0 Å². The Morgan fingerprint density at radius 3 is 2.80 bits per heavy atom. The first kappa shape index (κ1) is 14.1. The predicted molar refractivity (Wildman–Crippen MR) is 85.8 cm³/mol. The van der Waals surface area contributed by atoms with Gasteiger partial charge in [0, 0.05) is 28.7 Å². The molecule has 2 heterocycles. The van der Waals surface area contributed by atoms with Crippen molar-refractivity contribution < 1.29 is 9.53 Å². The van der Waals surface area contributed by atoms with Gasteiger partial charge in [0.05, 0.1) is 0 Å². The zero-order chi connectivity index (χ0) is 13.9. The van der Waals surface area contributed by atoms with E-state index in [1.165, 1.54) is 12.8 Å². The maximum atomic E-state index is 12.2. The summed E-state index contributed by atoms with van der Waals surface area (Å²) in [5.41, 5.74) is 0. The van der Waals surface area contributed by atoms with Crippen molar-refractivity contribution in [3.05, 3.63) is 27.8 Å². The largest absolute Gasteiger partial charge is 0.484 e. The molecule has 2 atom stereocenters. The van der Waals surface area contributed by atoms with Crippen LogP contribution >= 0.6 is 22.6 Å². The summed E-state index contributed by atoms with van der Waals surface area (Å²) in [7, 11) is 0. The minimum absolute atomic E-state index is 0.0953. The molecular formula is C15H19IN2O2. The topological polar surface area (TPSA) is 41.6 Å². The van der Waals surface area contributed by atoms with Gasteiger partial charge in [-0.15, -0.1) is 0 Å². The van der Waals surface area contributed by atoms with E-state index in [4.69, 9.17) is 4.74 Å². The summed E-state index contributed by atoms with van der Waals surface area (Å²) in [6.45, 7) is 1.81. The third-order valence-corrected chi connectivity index (χ3v) is 4.77. The van der Waals surface area contributed by atoms with E-state index in [0.29, 0.717) is 12.1 Å². The third-order valence-electron chi connectivity index (χ3n) is 4.05. The van der Waals surface area contributed by atoms with Gasteiger partial charge in [-0.2, -0.15) is 0 Å². The van der Waals surface area contributed by atoms with Crippen LogP contribution in [0.5, 0.6) is 5.75 Å². The van der Waals surface area contributed by atoms with Crippen molar-refractivity contribution >= 4 is 28.5 Å². The lowest BCUT2D eigenvalue weighted by Gasteiger charge is -2.24. The second-order valence-corrected chi connectivity index (χ2v) is 6.75. The summed E-state index contributed by atoms with van der Waals surface area (Å²) in [6.07, 6.45) is 3.50. The van der Waals surface area contributed by atoms with Gasteiger partial charge in [-0.25, -0.2) is 0 Å². The van der Waals surface area contributed by atoms with Gasteiger partial charge in [0.1, 0.15) is 5.75 Å². The molecule has 2 aliphatic heterocycles. The fourth-order valence-corrected chi connectivity index (χ4v) is 3.30. The van der Waals surface area contributed by atoms with Crippen LogP contribution in [0, 0.1) is 3.57 Å². The van der Waals surface area contributed by atoms with E-state index in [2.05, 4.69) is 27.9 Å². The Balaban J connectivity index is 1.52. The Morgan fingerprint density at radius 2 is 2.00 bits per heavy atom. The summed E-state index contributed by atoms with van der Waals surface area (Å²) in [4.78, 5) is 14.2. The highest BCUT2D eigenvalue weighted by atomic mass is 127. The molecule has 0 radical (unpaired) electrons. The van der Waals surface area contributed by atoms with Gasteiger partial charge in [-0.1, -0.05) is 0 Å². The van der Waals surface area contributed by atoms with E-state index in [1.54, 1.807) is 0 Å². The minimum Gasteiger partial charge on any atom is -0.484 e. The molecular weight excluding hydrogens is 367 g/mol. The standard InChI is InChI=1S/C15H19IN2O2/c16-11-1-5-14(6-2-11)20-10-15(19)18-8-7-12-3-4-13(9-18)17-12/h1-2,5-6,12-13,17H,3-4,7-10H2. The Labute approximate surface area is 133 Å². The lowest BCUT2D eigenvalue weighted by molar-refractivity contribution is -0.133. The average Bonchev–Trinajstić information content (AvgIpc) is 2.77. The fraction of sp³-hybridized carbons (Fsp3) is 0.533. The molecule has 2 fully saturated rings. The number of rotatable bonds is 3. The molecule has 1 aromatic rings. The van der Waals surface area contributed by atoms with Crippen LogP contribution in [-0.2, 0) is 4.79 Å². The van der Waals surface area contributed by atoms with E-state index < -0.39 is 0 Å². The first-order valence-corrected chi connectivity index (χ1v) is 8.21. The summed E-state index contributed by atoms with van der Waals surface area (Å²) < 4.78 is 6.74. The Morgan fingerprint density at radius 1 is 1.25 bits per heavy atom. The number of halogens is 1. The van der Waals surface area contributed by atoms with E-state index in [9.17, 15) is 4.79 Å². The maximum absolute atomic E-state index is 12.2. The Hall–Kier alpha value is -0.820. The molecule has 0 aliphatic carbocycles. The van der Waals surface area contributed by atoms with Gasteiger partial charge in [0.2, 0.25) is 0 Å². The van der Waals surface area contributed by atoms with Crippen molar-refractivity contribution in [2.45, 2.75) is 31.3 Å². The van der Waals surface area contributed by atoms with Gasteiger partial charge in [-0.3, -0.25) is 4.79 Å². The number of hydrogen-bond acceptors (Lipinski definition) is 3. The van der Waals surface area contributed by atoms with E-state index >= 15 is 0 Å². The molecule has 2 unspecified atom stereocenters. The number of fused-ring (bicyclic) bond motifs is 2. The first-order chi connectivity index (χ1) is 9.70. The highest BCUT2D eigenvalue weighted by molar-refractivity contribution is 14.1. The van der Waals surface area contributed by atoms with E-state index in [1.807, 2.05) is 29.2 Å². The van der Waals surface area contributed by atoms with Crippen LogP contribution in [-0.4, -0.2) is 42.6 Å². The molecule has 1 N–H and O–H groups in total. The summed E-state index contributed by atoms with van der Waals surface area (Å²) in [5, 5.41) is 3.58. The molecule has 4 nitrogen and oxygen atoms in total. The van der Waals surface area contributed by atoms with Crippen LogP contribution in [0.3, 0.4) is 0 Å². The average molecular weight is 386 g/mol. The van der Waals surface area contributed by atoms with E-state index in [-0.39, 0.29) is 12.5 Å². The van der Waals surface area contributed by atoms with Crippen LogP contribution in [0.1, 0.15) is 19.3 Å². The zero-order valence-corrected chi connectivity index (χ0v) is 13.5. The molecule has 2 saturated heterocycles. The van der Waals surface area contributed by atoms with E-state index in [0.717, 1.165) is 28.8 Å². The van der Waals surface area contributed by atoms with Crippen LogP contribution < -0.4 is 10.1 Å². The molecule has 5 heteroatoms. The minimum atomic E-state index is 0.0953. The second kappa shape index (κ2) is 6.30. The molecule has 20 heavy (non-hydrogen) atoms. The monoisotopic (exact) mass is 386 g/mol. The molecule has 0 saturated carbocycles. The number of likely N-dealkylation sites (tertiary alicyclic amines) is 1. The number of amides is 1. The predicted octanol–water partition coefficient (Wildman–Crippen LogP) is 2.02. The van der Waals surface area contributed by atoms with Crippen molar-refractivity contribution in [1.82, 2.24) is 10.2 Å². The van der Waals surface area contributed by atoms with Crippen molar-refractivity contribution in [3.63, 3.8) is 0 Å². The molecule has 2 aliphatic rings. The number of hydrogen-bond donors (Lipinski definition) is 1. The molecule has 2 bridgehead atoms. The van der Waals surface area contributed by atoms with Crippen LogP contribution in [0.2, 0.25) is 0 Å². The quantitative estimate of drug-likeness (QED) is 0.809. The van der Waals surface area contributed by atoms with Gasteiger partial charge < -0.3 is 15.0 Å². The van der Waals surface area contributed by atoms with Gasteiger partial charge in [0.25, 0.3) is 5.91 Å². The second-order valence-electron chi connectivity index (χ2n) is 5.51. The van der Waals surface area contributed by atoms with Crippen molar-refractivity contribution in [1.29, 1.82) is 0 Å². The van der Waals surface area contributed by atoms with Crippen LogP contribution in [0.4, 0.5) is 0 Å². The molecule has 108 valence electrons. The SMILES string of the molecule is O=C(COc1ccc(I)cc1)N1CCC2CCC(C1)N2. The summed E-state index contributed by atoms with van der Waals surface area (Å²) in [5.74, 6) is 0.853. The van der Waals surface area contributed by atoms with Crippen LogP contribution in [0.15, 0.2) is 24.3 Å².